The van der Waals surface area contributed by atoms with E-state index in [1.54, 1.807) is 0 Å². The van der Waals surface area contributed by atoms with Crippen molar-refractivity contribution in [2.45, 2.75) is 54.4 Å². The second kappa shape index (κ2) is 17.2. The number of halogens is 2. The zero-order valence-electron chi connectivity index (χ0n) is 16.3. The molecule has 0 N–H and O–H groups in total. The molecule has 0 spiro atoms. The molecule has 1 unspecified atom stereocenters. The third-order valence-electron chi connectivity index (χ3n) is 3.30. The van der Waals surface area contributed by atoms with Gasteiger partial charge in [-0.25, -0.2) is 34.9 Å². The molecule has 3 aliphatic carbocycles. The Morgan fingerprint density at radius 3 is 1.36 bits per heavy atom. The van der Waals surface area contributed by atoms with Crippen molar-refractivity contribution in [3.8, 4) is 0 Å². The Hall–Kier alpha value is -0.227. The van der Waals surface area contributed by atoms with Gasteiger partial charge in [-0.05, 0) is 0 Å². The molecule has 0 radical (unpaired) electrons. The summed E-state index contributed by atoms with van der Waals surface area (Å²) in [5.41, 5.74) is 6.78. The molecule has 0 heterocycles. The summed E-state index contributed by atoms with van der Waals surface area (Å²) in [5, 5.41) is 0. The molecule has 0 saturated heterocycles. The van der Waals surface area contributed by atoms with Crippen molar-refractivity contribution in [3.63, 3.8) is 0 Å². The molecule has 0 aliphatic heterocycles. The summed E-state index contributed by atoms with van der Waals surface area (Å²) >= 11 is 1.30. The molecule has 0 amide bonds. The van der Waals surface area contributed by atoms with Crippen LogP contribution in [-0.2, 0) is 24.2 Å². The van der Waals surface area contributed by atoms with E-state index in [1.165, 1.54) is 52.1 Å². The van der Waals surface area contributed by atoms with Gasteiger partial charge in [-0.1, -0.05) is 40.5 Å². The zero-order valence-corrected chi connectivity index (χ0v) is 20.2. The standard InChI is InChI=1S/3C7H9.CH2.2ClH.Zr/c3*1-6-3-4-7(2)5-6;;;;/h2*5H,3H2,1-2H3;3,5,7H,1-2H3;1H2;2*1H;/q3*-1;;;;+2/p-2. The fraction of sp³-hybridized carbons (Fsp3) is 0.409. The normalized spacial score (nSPS) is 18.9. The summed E-state index contributed by atoms with van der Waals surface area (Å²) in [5.74, 6) is 0.556. The number of hydrogen-bond donors (Lipinski definition) is 0. The molecular formula is C22H29Cl2Zr-3. The van der Waals surface area contributed by atoms with Crippen LogP contribution in [0.25, 0.3) is 0 Å². The fourth-order valence-electron chi connectivity index (χ4n) is 2.25. The van der Waals surface area contributed by atoms with E-state index in [0.29, 0.717) is 5.92 Å². The van der Waals surface area contributed by atoms with Gasteiger partial charge >= 0.3 is 28.4 Å². The Balaban J connectivity index is -0.000000266. The van der Waals surface area contributed by atoms with Gasteiger partial charge < -0.3 is 24.8 Å². The summed E-state index contributed by atoms with van der Waals surface area (Å²) in [6.07, 6.45) is 20.2. The van der Waals surface area contributed by atoms with Crippen LogP contribution in [0.5, 0.6) is 0 Å². The fourth-order valence-corrected chi connectivity index (χ4v) is 2.25. The molecule has 3 aliphatic rings. The summed E-state index contributed by atoms with van der Waals surface area (Å²) < 4.78 is 3.34. The Bertz CT molecular complexity index is 527. The Labute approximate surface area is 183 Å². The summed E-state index contributed by atoms with van der Waals surface area (Å²) in [4.78, 5) is 0. The Morgan fingerprint density at radius 2 is 1.28 bits per heavy atom. The molecule has 3 heteroatoms. The van der Waals surface area contributed by atoms with E-state index in [9.17, 15) is 0 Å². The minimum atomic E-state index is 0. The van der Waals surface area contributed by atoms with Gasteiger partial charge in [-0.2, -0.15) is 17.2 Å². The predicted octanol–water partition coefficient (Wildman–Crippen LogP) is 0.0868. The van der Waals surface area contributed by atoms with Crippen LogP contribution in [0.15, 0.2) is 52.2 Å². The van der Waals surface area contributed by atoms with E-state index in [2.05, 4.69) is 82.2 Å². The zero-order chi connectivity index (χ0) is 17.8. The van der Waals surface area contributed by atoms with Crippen LogP contribution in [0, 0.1) is 24.1 Å². The van der Waals surface area contributed by atoms with Gasteiger partial charge in [-0.15, -0.1) is 19.8 Å². The van der Waals surface area contributed by atoms with Crippen LogP contribution in [0.2, 0.25) is 0 Å². The van der Waals surface area contributed by atoms with Crippen LogP contribution in [0.4, 0.5) is 0 Å². The monoisotopic (exact) mass is 453 g/mol. The minimum absolute atomic E-state index is 0. The van der Waals surface area contributed by atoms with E-state index in [1.807, 2.05) is 6.08 Å². The maximum absolute atomic E-state index is 3.34. The largest absolute Gasteiger partial charge is 1.00 e. The Kier molecular flexibility index (Phi) is 20.3. The quantitative estimate of drug-likeness (QED) is 0.454. The molecule has 0 aromatic rings. The maximum Gasteiger partial charge on any atom is -1.00 e. The second-order valence-electron chi connectivity index (χ2n) is 6.06. The first-order chi connectivity index (χ1) is 10.9. The van der Waals surface area contributed by atoms with E-state index in [0.717, 1.165) is 12.8 Å². The van der Waals surface area contributed by atoms with Gasteiger partial charge in [0, 0.05) is 0 Å². The van der Waals surface area contributed by atoms with Gasteiger partial charge in [-0.3, -0.25) is 18.2 Å². The van der Waals surface area contributed by atoms with Crippen molar-refractivity contribution in [2.24, 2.45) is 5.92 Å². The first-order valence-corrected chi connectivity index (χ1v) is 9.73. The third kappa shape index (κ3) is 15.7. The van der Waals surface area contributed by atoms with Gasteiger partial charge in [0.1, 0.15) is 0 Å². The van der Waals surface area contributed by atoms with Crippen molar-refractivity contribution < 1.29 is 49.0 Å². The van der Waals surface area contributed by atoms with Crippen LogP contribution in [0.3, 0.4) is 0 Å². The van der Waals surface area contributed by atoms with E-state index in [-0.39, 0.29) is 24.8 Å². The summed E-state index contributed by atoms with van der Waals surface area (Å²) in [7, 11) is 0. The SMILES string of the molecule is CC1=CC(C)[C-]=C1.CC1=[C-]CC(C)=C1.CC1=[C-]CC(C)=C1.[CH2]=[Zr+2].[Cl-].[Cl-]. The molecule has 25 heavy (non-hydrogen) atoms. The van der Waals surface area contributed by atoms with Crippen molar-refractivity contribution in [1.29, 1.82) is 0 Å². The molecular weight excluding hydrogens is 426 g/mol. The van der Waals surface area contributed by atoms with Crippen LogP contribution in [-0.4, -0.2) is 4.21 Å². The third-order valence-corrected chi connectivity index (χ3v) is 3.30. The average Bonchev–Trinajstić information content (AvgIpc) is 3.18. The van der Waals surface area contributed by atoms with Gasteiger partial charge in [0.05, 0.1) is 0 Å². The first kappa shape index (κ1) is 29.5. The summed E-state index contributed by atoms with van der Waals surface area (Å²) in [6, 6.07) is 0. The molecule has 0 aromatic heterocycles. The van der Waals surface area contributed by atoms with Crippen LogP contribution >= 0.6 is 0 Å². The molecule has 0 fully saturated rings. The Morgan fingerprint density at radius 1 is 0.880 bits per heavy atom. The van der Waals surface area contributed by atoms with Crippen molar-refractivity contribution in [1.82, 2.24) is 0 Å². The van der Waals surface area contributed by atoms with Gasteiger partial charge in [0.15, 0.2) is 0 Å². The molecule has 0 nitrogen and oxygen atoms in total. The van der Waals surface area contributed by atoms with Crippen molar-refractivity contribution in [3.05, 3.63) is 70.4 Å². The molecule has 3 rings (SSSR count). The topological polar surface area (TPSA) is 0 Å². The van der Waals surface area contributed by atoms with E-state index < -0.39 is 0 Å². The molecule has 138 valence electrons. The number of hydrogen-bond acceptors (Lipinski definition) is 0. The van der Waals surface area contributed by atoms with Gasteiger partial charge in [0.2, 0.25) is 0 Å². The van der Waals surface area contributed by atoms with Crippen molar-refractivity contribution in [2.75, 3.05) is 0 Å². The van der Waals surface area contributed by atoms with Crippen LogP contribution in [0.1, 0.15) is 54.4 Å². The van der Waals surface area contributed by atoms with E-state index >= 15 is 0 Å². The molecule has 1 atom stereocenters. The predicted molar refractivity (Wildman–Crippen MR) is 99.5 cm³/mol. The molecule has 0 aromatic carbocycles. The molecule has 0 bridgehead atoms. The summed E-state index contributed by atoms with van der Waals surface area (Å²) in [6.45, 7) is 12.6. The average molecular weight is 456 g/mol. The number of allylic oxidation sites excluding steroid dienone is 12. The van der Waals surface area contributed by atoms with Crippen LogP contribution < -0.4 is 24.8 Å². The maximum atomic E-state index is 3.34. The second-order valence-corrected chi connectivity index (χ2v) is 6.06. The van der Waals surface area contributed by atoms with Gasteiger partial charge in [0.25, 0.3) is 0 Å². The smallest absolute Gasteiger partial charge is 1.00 e. The minimum Gasteiger partial charge on any atom is -1.00 e. The molecule has 0 saturated carbocycles. The van der Waals surface area contributed by atoms with E-state index in [4.69, 9.17) is 0 Å². The van der Waals surface area contributed by atoms with Crippen molar-refractivity contribution >= 4 is 4.21 Å². The number of rotatable bonds is 0. The first-order valence-electron chi connectivity index (χ1n) is 7.99.